The number of nitrogens with one attached hydrogen (secondary N) is 2. The largest absolute Gasteiger partial charge is 0.434 e. The molecule has 3 aromatic rings. The van der Waals surface area contributed by atoms with Crippen molar-refractivity contribution in [3.63, 3.8) is 0 Å². The lowest BCUT2D eigenvalue weighted by Gasteiger charge is -2.26. The first-order chi connectivity index (χ1) is 20.7. The van der Waals surface area contributed by atoms with E-state index in [0.717, 1.165) is 6.42 Å². The van der Waals surface area contributed by atoms with Crippen LogP contribution in [0.3, 0.4) is 0 Å². The predicted octanol–water partition coefficient (Wildman–Crippen LogP) is 2.72. The molecule has 0 aliphatic carbocycles. The van der Waals surface area contributed by atoms with E-state index in [0.29, 0.717) is 29.5 Å². The molecular weight excluding hydrogens is 578 g/mol. The van der Waals surface area contributed by atoms with E-state index in [-0.39, 0.29) is 32.2 Å². The number of urea groups is 1. The van der Waals surface area contributed by atoms with E-state index in [4.69, 9.17) is 13.9 Å². The Balaban J connectivity index is 1.83. The Bertz CT molecular complexity index is 1410. The second-order valence-electron chi connectivity index (χ2n) is 9.90. The van der Waals surface area contributed by atoms with Crippen LogP contribution in [-0.2, 0) is 29.9 Å². The molecule has 0 saturated heterocycles. The third-order valence-corrected chi connectivity index (χ3v) is 8.49. The first-order valence-corrected chi connectivity index (χ1v) is 15.7. The minimum atomic E-state index is -4.12. The summed E-state index contributed by atoms with van der Waals surface area (Å²) in [6.07, 6.45) is 3.95. The molecule has 2 N–H and O–H groups in total. The third-order valence-electron chi connectivity index (χ3n) is 6.60. The maximum Gasteiger partial charge on any atom is 0.318 e. The standard InChI is InChI=1S/C29H39N5O8S/c1-4-5-10-23(27(36)28-32-22-11-6-7-12-24(22)42-28)31-25(35)18-26(43(38,39)20-21-9-8-13-30-19-21)33-29(37)34(14-16-40-2)15-17-41-3/h6-9,11-13,19,23,26H,4-5,10,14-18,20H2,1-3H3,(H,31,35)(H,33,37). The van der Waals surface area contributed by atoms with Crippen LogP contribution < -0.4 is 10.6 Å². The summed E-state index contributed by atoms with van der Waals surface area (Å²) in [5.41, 5.74) is 1.33. The summed E-state index contributed by atoms with van der Waals surface area (Å²) >= 11 is 0. The van der Waals surface area contributed by atoms with E-state index in [9.17, 15) is 22.8 Å². The Kier molecular flexibility index (Phi) is 13.0. The van der Waals surface area contributed by atoms with Crippen molar-refractivity contribution in [3.8, 4) is 0 Å². The number of unbranched alkanes of at least 4 members (excludes halogenated alkanes) is 1. The van der Waals surface area contributed by atoms with Gasteiger partial charge in [0.05, 0.1) is 31.4 Å². The van der Waals surface area contributed by atoms with Crippen LogP contribution >= 0.6 is 0 Å². The highest BCUT2D eigenvalue weighted by Gasteiger charge is 2.33. The van der Waals surface area contributed by atoms with Crippen molar-refractivity contribution >= 4 is 38.7 Å². The van der Waals surface area contributed by atoms with Crippen LogP contribution in [0, 0.1) is 0 Å². The van der Waals surface area contributed by atoms with Gasteiger partial charge in [0.25, 0.3) is 5.89 Å². The van der Waals surface area contributed by atoms with Gasteiger partial charge in [-0.3, -0.25) is 14.6 Å². The maximum atomic E-state index is 13.6. The van der Waals surface area contributed by atoms with Gasteiger partial charge in [0.2, 0.25) is 11.7 Å². The molecule has 13 nitrogen and oxygen atoms in total. The summed E-state index contributed by atoms with van der Waals surface area (Å²) in [6, 6.07) is 8.39. The number of ether oxygens (including phenoxy) is 2. The number of carbonyl (C=O) groups excluding carboxylic acids is 3. The average molecular weight is 618 g/mol. The first kappa shape index (κ1) is 33.6. The smallest absolute Gasteiger partial charge is 0.318 e. The van der Waals surface area contributed by atoms with E-state index in [1.807, 2.05) is 6.92 Å². The summed E-state index contributed by atoms with van der Waals surface area (Å²) in [6.45, 7) is 2.71. The fraction of sp³-hybridized carbons (Fsp3) is 0.483. The number of fused-ring (bicyclic) bond motifs is 1. The van der Waals surface area contributed by atoms with E-state index < -0.39 is 51.1 Å². The number of methoxy groups -OCH3 is 2. The normalized spacial score (nSPS) is 12.9. The Labute approximate surface area is 251 Å². The average Bonchev–Trinajstić information content (AvgIpc) is 3.43. The molecule has 43 heavy (non-hydrogen) atoms. The zero-order valence-electron chi connectivity index (χ0n) is 24.7. The van der Waals surface area contributed by atoms with E-state index in [1.165, 1.54) is 31.5 Å². The predicted molar refractivity (Wildman–Crippen MR) is 159 cm³/mol. The molecule has 0 saturated carbocycles. The van der Waals surface area contributed by atoms with Gasteiger partial charge in [0.1, 0.15) is 10.9 Å². The number of Topliss-reactive ketones (excluding diaryl/α,β-unsaturated/α-hetero) is 1. The SMILES string of the molecule is CCCCC(NC(=O)CC(NC(=O)N(CCOC)CCOC)S(=O)(=O)Cc1cccnc1)C(=O)c1nc2ccccc2o1. The summed E-state index contributed by atoms with van der Waals surface area (Å²) in [5.74, 6) is -1.87. The zero-order chi connectivity index (χ0) is 31.2. The molecule has 2 atom stereocenters. The number of amides is 3. The number of hydrogen-bond acceptors (Lipinski definition) is 10. The number of ketones is 1. The van der Waals surface area contributed by atoms with Crippen LogP contribution in [0.2, 0.25) is 0 Å². The molecule has 2 heterocycles. The molecule has 0 radical (unpaired) electrons. The van der Waals surface area contributed by atoms with Crippen LogP contribution in [0.25, 0.3) is 11.1 Å². The minimum absolute atomic E-state index is 0.149. The molecule has 2 aromatic heterocycles. The van der Waals surface area contributed by atoms with Crippen LogP contribution in [0.15, 0.2) is 53.2 Å². The summed E-state index contributed by atoms with van der Waals surface area (Å²) in [5, 5.41) is 3.58. The summed E-state index contributed by atoms with van der Waals surface area (Å²) in [4.78, 5) is 49.4. The van der Waals surface area contributed by atoms with Crippen molar-refractivity contribution in [1.29, 1.82) is 0 Å². The molecular formula is C29H39N5O8S. The molecule has 234 valence electrons. The van der Waals surface area contributed by atoms with Gasteiger partial charge in [-0.15, -0.1) is 0 Å². The van der Waals surface area contributed by atoms with Crippen LogP contribution in [0.5, 0.6) is 0 Å². The molecule has 0 aliphatic heterocycles. The number of pyridine rings is 1. The van der Waals surface area contributed by atoms with E-state index in [1.54, 1.807) is 36.4 Å². The van der Waals surface area contributed by atoms with Crippen molar-refractivity contribution in [2.75, 3.05) is 40.5 Å². The second-order valence-corrected chi connectivity index (χ2v) is 12.1. The molecule has 2 unspecified atom stereocenters. The van der Waals surface area contributed by atoms with E-state index >= 15 is 0 Å². The zero-order valence-corrected chi connectivity index (χ0v) is 25.5. The molecule has 14 heteroatoms. The van der Waals surface area contributed by atoms with Crippen molar-refractivity contribution < 1.29 is 36.7 Å². The lowest BCUT2D eigenvalue weighted by Crippen LogP contribution is -2.52. The Morgan fingerprint density at radius 2 is 1.74 bits per heavy atom. The number of sulfone groups is 1. The number of oxazole rings is 1. The summed E-state index contributed by atoms with van der Waals surface area (Å²) < 4.78 is 42.9. The quantitative estimate of drug-likeness (QED) is 0.202. The van der Waals surface area contributed by atoms with E-state index in [2.05, 4.69) is 20.6 Å². The highest BCUT2D eigenvalue weighted by molar-refractivity contribution is 7.91. The molecule has 3 rings (SSSR count). The number of carbonyl (C=O) groups is 3. The maximum absolute atomic E-state index is 13.6. The highest BCUT2D eigenvalue weighted by Crippen LogP contribution is 2.18. The van der Waals surface area contributed by atoms with Crippen LogP contribution in [0.4, 0.5) is 4.79 Å². The molecule has 1 aromatic carbocycles. The number of benzene rings is 1. The van der Waals surface area contributed by atoms with Crippen molar-refractivity contribution in [2.45, 2.75) is 49.8 Å². The van der Waals surface area contributed by atoms with Gasteiger partial charge in [0.15, 0.2) is 15.4 Å². The second kappa shape index (κ2) is 16.7. The highest BCUT2D eigenvalue weighted by atomic mass is 32.2. The number of hydrogen-bond donors (Lipinski definition) is 2. The van der Waals surface area contributed by atoms with Gasteiger partial charge < -0.3 is 29.4 Å². The van der Waals surface area contributed by atoms with Gasteiger partial charge in [-0.2, -0.15) is 0 Å². The van der Waals surface area contributed by atoms with Crippen molar-refractivity contribution in [2.24, 2.45) is 0 Å². The molecule has 0 aliphatic rings. The Morgan fingerprint density at radius 1 is 1.02 bits per heavy atom. The van der Waals surface area contributed by atoms with Crippen LogP contribution in [-0.4, -0.2) is 92.9 Å². The Morgan fingerprint density at radius 3 is 2.37 bits per heavy atom. The molecule has 0 bridgehead atoms. The van der Waals surface area contributed by atoms with Gasteiger partial charge in [-0.1, -0.05) is 38.0 Å². The Hall–Kier alpha value is -3.88. The lowest BCUT2D eigenvalue weighted by molar-refractivity contribution is -0.121. The van der Waals surface area contributed by atoms with Crippen molar-refractivity contribution in [3.05, 3.63) is 60.2 Å². The minimum Gasteiger partial charge on any atom is -0.434 e. The van der Waals surface area contributed by atoms with Gasteiger partial charge >= 0.3 is 6.03 Å². The number of nitrogens with zero attached hydrogens (tertiary/aromatic N) is 3. The first-order valence-electron chi connectivity index (χ1n) is 14.0. The fourth-order valence-electron chi connectivity index (χ4n) is 4.26. The van der Waals surface area contributed by atoms with Crippen molar-refractivity contribution in [1.82, 2.24) is 25.5 Å². The van der Waals surface area contributed by atoms with Gasteiger partial charge in [-0.25, -0.2) is 18.2 Å². The van der Waals surface area contributed by atoms with Gasteiger partial charge in [0, 0.05) is 39.7 Å². The topological polar surface area (TPSA) is 170 Å². The number of rotatable bonds is 18. The molecule has 3 amide bonds. The van der Waals surface area contributed by atoms with Crippen LogP contribution in [0.1, 0.15) is 48.9 Å². The monoisotopic (exact) mass is 617 g/mol. The van der Waals surface area contributed by atoms with Gasteiger partial charge in [-0.05, 0) is 30.2 Å². The molecule has 0 spiro atoms. The third kappa shape index (κ3) is 10.1. The fourth-order valence-corrected chi connectivity index (χ4v) is 5.78. The lowest BCUT2D eigenvalue weighted by atomic mass is 10.1. The number of aromatic nitrogens is 2. The molecule has 0 fully saturated rings. The number of para-hydroxylation sites is 2. The summed E-state index contributed by atoms with van der Waals surface area (Å²) in [7, 11) is -1.16.